The van der Waals surface area contributed by atoms with Crippen LogP contribution in [0.5, 0.6) is 0 Å². The predicted octanol–water partition coefficient (Wildman–Crippen LogP) is -0.725. The highest BCUT2D eigenvalue weighted by Gasteiger charge is 2.17. The maximum absolute atomic E-state index is 11.1. The first-order chi connectivity index (χ1) is 5.88. The number of ether oxygens (including phenoxy) is 1. The van der Waals surface area contributed by atoms with Crippen LogP contribution in [0.2, 0.25) is 0 Å². The molecule has 0 fully saturated rings. The van der Waals surface area contributed by atoms with Crippen LogP contribution in [0.3, 0.4) is 0 Å². The van der Waals surface area contributed by atoms with Gasteiger partial charge in [-0.05, 0) is 6.92 Å². The minimum Gasteiger partial charge on any atom is -0.392 e. The van der Waals surface area contributed by atoms with Gasteiger partial charge in [0.2, 0.25) is 10.0 Å². The van der Waals surface area contributed by atoms with E-state index >= 15 is 0 Å². The van der Waals surface area contributed by atoms with Crippen molar-refractivity contribution in [2.45, 2.75) is 13.0 Å². The molecule has 0 aromatic rings. The predicted molar refractivity (Wildman–Crippen MR) is 50.0 cm³/mol. The Morgan fingerprint density at radius 1 is 1.54 bits per heavy atom. The van der Waals surface area contributed by atoms with Crippen LogP contribution in [0.1, 0.15) is 6.92 Å². The van der Waals surface area contributed by atoms with Gasteiger partial charge in [-0.3, -0.25) is 0 Å². The first-order valence-electron chi connectivity index (χ1n) is 4.00. The van der Waals surface area contributed by atoms with Gasteiger partial charge in [0, 0.05) is 20.2 Å². The van der Waals surface area contributed by atoms with Crippen LogP contribution in [0.25, 0.3) is 0 Å². The molecule has 6 heteroatoms. The molecule has 0 rings (SSSR count). The van der Waals surface area contributed by atoms with Crippen molar-refractivity contribution in [2.24, 2.45) is 0 Å². The zero-order valence-corrected chi connectivity index (χ0v) is 9.04. The Bertz CT molecular complexity index is 225. The average molecular weight is 211 g/mol. The van der Waals surface area contributed by atoms with Gasteiger partial charge in [0.1, 0.15) is 0 Å². The van der Waals surface area contributed by atoms with Crippen molar-refractivity contribution in [1.82, 2.24) is 4.31 Å². The molecule has 13 heavy (non-hydrogen) atoms. The summed E-state index contributed by atoms with van der Waals surface area (Å²) in [5.74, 6) is 0. The molecule has 0 aliphatic carbocycles. The molecule has 80 valence electrons. The quantitative estimate of drug-likeness (QED) is 0.629. The SMILES string of the molecule is COCCN(CC(C)O)S(C)(=O)=O. The summed E-state index contributed by atoms with van der Waals surface area (Å²) in [5, 5.41) is 9.04. The van der Waals surface area contributed by atoms with Gasteiger partial charge >= 0.3 is 0 Å². The summed E-state index contributed by atoms with van der Waals surface area (Å²) in [5.41, 5.74) is 0. The Labute approximate surface area is 79.4 Å². The molecule has 1 unspecified atom stereocenters. The van der Waals surface area contributed by atoms with E-state index in [0.717, 1.165) is 6.26 Å². The number of hydrogen-bond donors (Lipinski definition) is 1. The van der Waals surface area contributed by atoms with Crippen molar-refractivity contribution in [2.75, 3.05) is 33.1 Å². The monoisotopic (exact) mass is 211 g/mol. The van der Waals surface area contributed by atoms with Gasteiger partial charge < -0.3 is 9.84 Å². The normalized spacial score (nSPS) is 14.8. The van der Waals surface area contributed by atoms with Crippen LogP contribution in [0, 0.1) is 0 Å². The van der Waals surface area contributed by atoms with Crippen molar-refractivity contribution >= 4 is 10.0 Å². The number of sulfonamides is 1. The first-order valence-corrected chi connectivity index (χ1v) is 5.85. The zero-order valence-electron chi connectivity index (χ0n) is 8.23. The molecule has 0 bridgehead atoms. The van der Waals surface area contributed by atoms with E-state index in [1.54, 1.807) is 6.92 Å². The number of aliphatic hydroxyl groups excluding tert-OH is 1. The first kappa shape index (κ1) is 12.8. The second kappa shape index (κ2) is 5.54. The van der Waals surface area contributed by atoms with Crippen molar-refractivity contribution in [3.8, 4) is 0 Å². The standard InChI is InChI=1S/C7H17NO4S/c1-7(9)6-8(4-5-12-2)13(3,10)11/h7,9H,4-6H2,1-3H3. The van der Waals surface area contributed by atoms with E-state index < -0.39 is 16.1 Å². The summed E-state index contributed by atoms with van der Waals surface area (Å²) in [4.78, 5) is 0. The summed E-state index contributed by atoms with van der Waals surface area (Å²) in [6.07, 6.45) is 0.456. The number of nitrogens with zero attached hydrogens (tertiary/aromatic N) is 1. The van der Waals surface area contributed by atoms with E-state index in [9.17, 15) is 8.42 Å². The second-order valence-corrected chi connectivity index (χ2v) is 4.95. The number of aliphatic hydroxyl groups is 1. The molecule has 5 nitrogen and oxygen atoms in total. The fourth-order valence-corrected chi connectivity index (χ4v) is 1.77. The molecule has 1 N–H and O–H groups in total. The van der Waals surface area contributed by atoms with Crippen LogP contribution in [0.4, 0.5) is 0 Å². The Kier molecular flexibility index (Phi) is 5.46. The molecule has 0 saturated carbocycles. The Morgan fingerprint density at radius 2 is 2.08 bits per heavy atom. The second-order valence-electron chi connectivity index (χ2n) is 2.96. The van der Waals surface area contributed by atoms with Crippen LogP contribution in [-0.4, -0.2) is 57.0 Å². The van der Waals surface area contributed by atoms with Gasteiger partial charge in [-0.25, -0.2) is 8.42 Å². The van der Waals surface area contributed by atoms with E-state index in [1.807, 2.05) is 0 Å². The molecular formula is C7H17NO4S. The largest absolute Gasteiger partial charge is 0.392 e. The van der Waals surface area contributed by atoms with Crippen LogP contribution >= 0.6 is 0 Å². The van der Waals surface area contributed by atoms with Crippen molar-refractivity contribution in [3.05, 3.63) is 0 Å². The third kappa shape index (κ3) is 5.98. The van der Waals surface area contributed by atoms with E-state index in [4.69, 9.17) is 9.84 Å². The average Bonchev–Trinajstić information content (AvgIpc) is 1.95. The smallest absolute Gasteiger partial charge is 0.211 e. The summed E-state index contributed by atoms with van der Waals surface area (Å²) < 4.78 is 28.2. The third-order valence-electron chi connectivity index (χ3n) is 1.48. The molecule has 0 spiro atoms. The maximum atomic E-state index is 11.1. The van der Waals surface area contributed by atoms with E-state index in [0.29, 0.717) is 6.61 Å². The Morgan fingerprint density at radius 3 is 2.38 bits per heavy atom. The molecule has 0 amide bonds. The summed E-state index contributed by atoms with van der Waals surface area (Å²) >= 11 is 0. The molecule has 0 aliphatic heterocycles. The van der Waals surface area contributed by atoms with Crippen LogP contribution in [-0.2, 0) is 14.8 Å². The molecule has 0 radical (unpaired) electrons. The van der Waals surface area contributed by atoms with Gasteiger partial charge in [0.25, 0.3) is 0 Å². The lowest BCUT2D eigenvalue weighted by Gasteiger charge is -2.20. The molecule has 0 aromatic heterocycles. The van der Waals surface area contributed by atoms with Gasteiger partial charge in [0.15, 0.2) is 0 Å². The minimum atomic E-state index is -3.24. The van der Waals surface area contributed by atoms with E-state index in [-0.39, 0.29) is 13.1 Å². The van der Waals surface area contributed by atoms with Crippen molar-refractivity contribution in [1.29, 1.82) is 0 Å². The number of methoxy groups -OCH3 is 1. The lowest BCUT2D eigenvalue weighted by atomic mass is 10.4. The van der Waals surface area contributed by atoms with Gasteiger partial charge in [-0.1, -0.05) is 0 Å². The molecule has 0 saturated heterocycles. The summed E-state index contributed by atoms with van der Waals surface area (Å²) in [7, 11) is -1.74. The van der Waals surface area contributed by atoms with Crippen LogP contribution < -0.4 is 0 Å². The zero-order chi connectivity index (χ0) is 10.5. The lowest BCUT2D eigenvalue weighted by molar-refractivity contribution is 0.137. The highest BCUT2D eigenvalue weighted by atomic mass is 32.2. The number of hydrogen-bond acceptors (Lipinski definition) is 4. The molecule has 0 aliphatic rings. The fraction of sp³-hybridized carbons (Fsp3) is 1.00. The molecule has 0 aromatic carbocycles. The van der Waals surface area contributed by atoms with E-state index in [2.05, 4.69) is 0 Å². The van der Waals surface area contributed by atoms with Gasteiger partial charge in [0.05, 0.1) is 19.0 Å². The summed E-state index contributed by atoms with van der Waals surface area (Å²) in [6.45, 7) is 2.27. The maximum Gasteiger partial charge on any atom is 0.211 e. The van der Waals surface area contributed by atoms with Crippen LogP contribution in [0.15, 0.2) is 0 Å². The fourth-order valence-electron chi connectivity index (χ4n) is 0.880. The molecule has 0 heterocycles. The Balaban J connectivity index is 4.21. The lowest BCUT2D eigenvalue weighted by Crippen LogP contribution is -2.37. The molecular weight excluding hydrogens is 194 g/mol. The van der Waals surface area contributed by atoms with Gasteiger partial charge in [-0.2, -0.15) is 4.31 Å². The highest BCUT2D eigenvalue weighted by Crippen LogP contribution is 1.99. The van der Waals surface area contributed by atoms with Crippen molar-refractivity contribution in [3.63, 3.8) is 0 Å². The van der Waals surface area contributed by atoms with Gasteiger partial charge in [-0.15, -0.1) is 0 Å². The molecule has 1 atom stereocenters. The van der Waals surface area contributed by atoms with E-state index in [1.165, 1.54) is 11.4 Å². The topological polar surface area (TPSA) is 66.8 Å². The Hall–Kier alpha value is -0.170. The highest BCUT2D eigenvalue weighted by molar-refractivity contribution is 7.88. The number of rotatable bonds is 6. The summed E-state index contributed by atoms with van der Waals surface area (Å²) in [6, 6.07) is 0. The third-order valence-corrected chi connectivity index (χ3v) is 2.75. The minimum absolute atomic E-state index is 0.113. The van der Waals surface area contributed by atoms with Crippen molar-refractivity contribution < 1.29 is 18.3 Å².